The second-order valence-electron chi connectivity index (χ2n) is 9.47. The van der Waals surface area contributed by atoms with Crippen LogP contribution < -0.4 is 14.8 Å². The highest BCUT2D eigenvalue weighted by molar-refractivity contribution is 7.92. The lowest BCUT2D eigenvalue weighted by atomic mass is 9.77. The molecule has 1 aliphatic carbocycles. The average Bonchev–Trinajstić information content (AvgIpc) is 2.87. The van der Waals surface area contributed by atoms with Crippen LogP contribution in [0.4, 0.5) is 11.6 Å². The molecule has 2 N–H and O–H groups in total. The van der Waals surface area contributed by atoms with E-state index in [0.29, 0.717) is 35.0 Å². The number of sulfonamides is 1. The summed E-state index contributed by atoms with van der Waals surface area (Å²) in [7, 11) is -4.07. The molecule has 192 valence electrons. The predicted molar refractivity (Wildman–Crippen MR) is 145 cm³/mol. The molecular weight excluding hydrogens is 500 g/mol. The third-order valence-electron chi connectivity index (χ3n) is 7.02. The smallest absolute Gasteiger partial charge is 0.264 e. The van der Waals surface area contributed by atoms with Crippen LogP contribution in [0.3, 0.4) is 0 Å². The van der Waals surface area contributed by atoms with E-state index < -0.39 is 10.0 Å². The lowest BCUT2D eigenvalue weighted by Crippen LogP contribution is -2.18. The minimum Gasteiger partial charge on any atom is -0.439 e. The number of ether oxygens (including phenoxy) is 1. The van der Waals surface area contributed by atoms with E-state index in [2.05, 4.69) is 21.1 Å². The summed E-state index contributed by atoms with van der Waals surface area (Å²) >= 11 is 0. The fourth-order valence-corrected chi connectivity index (χ4v) is 5.85. The van der Waals surface area contributed by atoms with Crippen LogP contribution >= 0.6 is 0 Å². The zero-order valence-corrected chi connectivity index (χ0v) is 21.6. The maximum atomic E-state index is 13.4. The zero-order chi connectivity index (χ0) is 26.3. The van der Waals surface area contributed by atoms with Crippen LogP contribution in [-0.4, -0.2) is 24.3 Å². The van der Waals surface area contributed by atoms with Gasteiger partial charge in [0, 0.05) is 22.4 Å². The molecule has 9 heteroatoms. The van der Waals surface area contributed by atoms with Crippen molar-refractivity contribution in [2.24, 2.45) is 0 Å². The first-order valence-electron chi connectivity index (χ1n) is 12.6. The van der Waals surface area contributed by atoms with Crippen molar-refractivity contribution in [2.75, 3.05) is 10.0 Å². The number of carbonyl (C=O) groups excluding carboxylic acids is 1. The van der Waals surface area contributed by atoms with E-state index in [1.807, 2.05) is 25.1 Å². The highest BCUT2D eigenvalue weighted by Crippen LogP contribution is 2.43. The quantitative estimate of drug-likeness (QED) is 0.332. The van der Waals surface area contributed by atoms with Gasteiger partial charge >= 0.3 is 0 Å². The van der Waals surface area contributed by atoms with E-state index >= 15 is 0 Å². The molecule has 1 aliphatic heterocycles. The van der Waals surface area contributed by atoms with E-state index in [0.717, 1.165) is 24.0 Å². The number of carbonyl (C=O) groups is 1. The number of nitrogens with zero attached hydrogens (tertiary/aromatic N) is 2. The van der Waals surface area contributed by atoms with Crippen molar-refractivity contribution in [3.8, 4) is 22.9 Å². The van der Waals surface area contributed by atoms with Crippen LogP contribution in [0.15, 0.2) is 77.7 Å². The molecule has 1 fully saturated rings. The molecule has 0 unspecified atom stereocenters. The Balaban J connectivity index is 1.58. The van der Waals surface area contributed by atoms with Gasteiger partial charge < -0.3 is 10.1 Å². The summed E-state index contributed by atoms with van der Waals surface area (Å²) in [6.07, 6.45) is 3.96. The van der Waals surface area contributed by atoms with Crippen LogP contribution in [0.5, 0.6) is 11.6 Å². The van der Waals surface area contributed by atoms with Gasteiger partial charge in [0.05, 0.1) is 10.6 Å². The van der Waals surface area contributed by atoms with Crippen molar-refractivity contribution < 1.29 is 17.9 Å². The van der Waals surface area contributed by atoms with Gasteiger partial charge in [-0.05, 0) is 67.1 Å². The SMILES string of the molecule is CCc1c2nc(nc1-c1ccccc1C1CCC1)NS(=O)(=O)c1cccc(c1)NC(=O)c1cccc(c1)O2. The largest absolute Gasteiger partial charge is 0.439 e. The van der Waals surface area contributed by atoms with Gasteiger partial charge in [-0.15, -0.1) is 0 Å². The number of rotatable bonds is 3. The number of fused-ring (bicyclic) bond motifs is 6. The highest BCUT2D eigenvalue weighted by atomic mass is 32.2. The van der Waals surface area contributed by atoms with Crippen LogP contribution in [-0.2, 0) is 16.4 Å². The van der Waals surface area contributed by atoms with Crippen molar-refractivity contribution in [3.05, 3.63) is 89.5 Å². The van der Waals surface area contributed by atoms with Gasteiger partial charge in [0.25, 0.3) is 15.9 Å². The molecule has 8 nitrogen and oxygen atoms in total. The van der Waals surface area contributed by atoms with E-state index in [4.69, 9.17) is 9.72 Å². The summed E-state index contributed by atoms with van der Waals surface area (Å²) in [6, 6.07) is 20.9. The average molecular weight is 527 g/mol. The van der Waals surface area contributed by atoms with E-state index in [1.165, 1.54) is 24.1 Å². The summed E-state index contributed by atoms with van der Waals surface area (Å²) in [5.41, 5.74) is 4.23. The fourth-order valence-electron chi connectivity index (χ4n) is 4.86. The Kier molecular flexibility index (Phi) is 6.07. The van der Waals surface area contributed by atoms with Gasteiger partial charge in [-0.2, -0.15) is 4.98 Å². The van der Waals surface area contributed by atoms with E-state index in [-0.39, 0.29) is 22.6 Å². The van der Waals surface area contributed by atoms with Crippen LogP contribution in [0.1, 0.15) is 53.6 Å². The minimum atomic E-state index is -4.07. The van der Waals surface area contributed by atoms with Crippen molar-refractivity contribution >= 4 is 27.6 Å². The van der Waals surface area contributed by atoms with E-state index in [9.17, 15) is 13.2 Å². The summed E-state index contributed by atoms with van der Waals surface area (Å²) < 4.78 is 35.5. The summed E-state index contributed by atoms with van der Waals surface area (Å²) in [5.74, 6) is 0.611. The lowest BCUT2D eigenvalue weighted by Gasteiger charge is -2.28. The van der Waals surface area contributed by atoms with Crippen molar-refractivity contribution in [1.82, 2.24) is 9.97 Å². The molecule has 1 saturated carbocycles. The third kappa shape index (κ3) is 4.50. The number of hydrogen-bond donors (Lipinski definition) is 2. The van der Waals surface area contributed by atoms with E-state index in [1.54, 1.807) is 36.4 Å². The molecule has 4 aromatic rings. The standard InChI is InChI=1S/C29H26N4O4S/c1-2-23-26(25-15-4-3-14-24(25)18-8-5-9-18)31-29-32-28(23)37-21-12-6-10-19(16-21)27(34)30-20-11-7-13-22(17-20)38(35,36)33-29/h3-4,6-7,10-18H,2,5,8-9H2,1H3,(H,30,34)(H,31,32,33). The second kappa shape index (κ2) is 9.57. The molecule has 0 saturated heterocycles. The third-order valence-corrected chi connectivity index (χ3v) is 8.35. The first-order chi connectivity index (χ1) is 18.4. The fraction of sp³-hybridized carbons (Fsp3) is 0.207. The Morgan fingerprint density at radius 3 is 2.58 bits per heavy atom. The molecule has 6 bridgehead atoms. The maximum absolute atomic E-state index is 13.4. The van der Waals surface area contributed by atoms with Crippen LogP contribution in [0.25, 0.3) is 11.3 Å². The van der Waals surface area contributed by atoms with Gasteiger partial charge in [0.1, 0.15) is 5.75 Å². The maximum Gasteiger partial charge on any atom is 0.264 e. The lowest BCUT2D eigenvalue weighted by molar-refractivity contribution is 0.102. The van der Waals surface area contributed by atoms with Gasteiger partial charge in [0.15, 0.2) is 0 Å². The number of nitrogens with one attached hydrogen (secondary N) is 2. The molecule has 2 aliphatic rings. The molecule has 2 heterocycles. The molecular formula is C29H26N4O4S. The number of aromatic nitrogens is 2. The topological polar surface area (TPSA) is 110 Å². The Morgan fingerprint density at radius 2 is 1.79 bits per heavy atom. The molecule has 38 heavy (non-hydrogen) atoms. The normalized spacial score (nSPS) is 16.3. The van der Waals surface area contributed by atoms with Crippen LogP contribution in [0, 0.1) is 0 Å². The van der Waals surface area contributed by atoms with Crippen molar-refractivity contribution in [2.45, 2.75) is 43.4 Å². The molecule has 0 atom stereocenters. The van der Waals surface area contributed by atoms with Crippen LogP contribution in [0.2, 0.25) is 0 Å². The molecule has 3 aromatic carbocycles. The van der Waals surface area contributed by atoms with Crippen molar-refractivity contribution in [3.63, 3.8) is 0 Å². The number of anilines is 2. The Hall–Kier alpha value is -4.24. The molecule has 0 spiro atoms. The number of amides is 1. The predicted octanol–water partition coefficient (Wildman–Crippen LogP) is 6.13. The molecule has 6 rings (SSSR count). The number of hydrogen-bond acceptors (Lipinski definition) is 6. The van der Waals surface area contributed by atoms with Gasteiger partial charge in [-0.3, -0.25) is 4.79 Å². The monoisotopic (exact) mass is 526 g/mol. The second-order valence-corrected chi connectivity index (χ2v) is 11.1. The molecule has 1 amide bonds. The first kappa shape index (κ1) is 24.1. The van der Waals surface area contributed by atoms with Gasteiger partial charge in [0.2, 0.25) is 11.8 Å². The van der Waals surface area contributed by atoms with Gasteiger partial charge in [-0.1, -0.05) is 49.7 Å². The summed E-state index contributed by atoms with van der Waals surface area (Å²) in [4.78, 5) is 22.2. The minimum absolute atomic E-state index is 0.0248. The molecule has 1 aromatic heterocycles. The highest BCUT2D eigenvalue weighted by Gasteiger charge is 2.27. The van der Waals surface area contributed by atoms with Crippen molar-refractivity contribution in [1.29, 1.82) is 0 Å². The Labute approximate surface area is 221 Å². The molecule has 0 radical (unpaired) electrons. The first-order valence-corrected chi connectivity index (χ1v) is 14.1. The Bertz CT molecular complexity index is 1670. The number of benzene rings is 3. The summed E-state index contributed by atoms with van der Waals surface area (Å²) in [6.45, 7) is 1.98. The summed E-state index contributed by atoms with van der Waals surface area (Å²) in [5, 5.41) is 2.75. The zero-order valence-electron chi connectivity index (χ0n) is 20.8. The Morgan fingerprint density at radius 1 is 0.974 bits per heavy atom. The van der Waals surface area contributed by atoms with Gasteiger partial charge in [-0.25, -0.2) is 18.1 Å².